The topological polar surface area (TPSA) is 23.8 Å². The molecule has 0 aliphatic rings. The molecule has 1 heteroatoms. The van der Waals surface area contributed by atoms with Crippen LogP contribution in [0.4, 0.5) is 0 Å². The number of nitrogens with zero attached hydrogens (tertiary/aromatic N) is 1. The lowest BCUT2D eigenvalue weighted by atomic mass is 9.61. The Morgan fingerprint density at radius 1 is 1.08 bits per heavy atom. The highest BCUT2D eigenvalue weighted by Gasteiger charge is 2.37. The van der Waals surface area contributed by atoms with Crippen molar-refractivity contribution in [1.29, 1.82) is 5.26 Å². The minimum absolute atomic E-state index is 0.313. The van der Waals surface area contributed by atoms with Crippen LogP contribution in [0.15, 0.2) is 0 Å². The van der Waals surface area contributed by atoms with E-state index < -0.39 is 0 Å². The van der Waals surface area contributed by atoms with Gasteiger partial charge in [-0.1, -0.05) is 34.6 Å². The van der Waals surface area contributed by atoms with Gasteiger partial charge in [-0.15, -0.1) is 0 Å². The number of hydrogen-bond acceptors (Lipinski definition) is 1. The molecule has 0 unspecified atom stereocenters. The molecule has 0 heterocycles. The summed E-state index contributed by atoms with van der Waals surface area (Å²) in [6, 6.07) is 2.26. The normalized spacial score (nSPS) is 12.6. The molecule has 0 aliphatic heterocycles. The second-order valence-corrected chi connectivity index (χ2v) is 4.90. The van der Waals surface area contributed by atoms with E-state index in [2.05, 4.69) is 40.7 Å². The predicted molar refractivity (Wildman–Crippen MR) is 57.3 cm³/mol. The van der Waals surface area contributed by atoms with Crippen molar-refractivity contribution in [3.63, 3.8) is 0 Å². The average Bonchev–Trinajstić information content (AvgIpc) is 2.05. The zero-order chi connectivity index (χ0) is 10.5. The summed E-state index contributed by atoms with van der Waals surface area (Å²) in [5, 5.41) is 8.64. The lowest BCUT2D eigenvalue weighted by molar-refractivity contribution is 0.0652. The van der Waals surface area contributed by atoms with Gasteiger partial charge in [0.15, 0.2) is 0 Å². The van der Waals surface area contributed by atoms with Crippen molar-refractivity contribution in [1.82, 2.24) is 0 Å². The first-order chi connectivity index (χ1) is 5.93. The first-order valence-corrected chi connectivity index (χ1v) is 5.30. The molecule has 0 amide bonds. The Bertz CT molecular complexity index is 176. The Hall–Kier alpha value is -0.510. The number of hydrogen-bond donors (Lipinski definition) is 0. The van der Waals surface area contributed by atoms with Crippen LogP contribution in [-0.2, 0) is 0 Å². The highest BCUT2D eigenvalue weighted by molar-refractivity contribution is 4.90. The van der Waals surface area contributed by atoms with Gasteiger partial charge in [-0.2, -0.15) is 5.26 Å². The molecule has 0 rings (SSSR count). The number of rotatable bonds is 4. The zero-order valence-corrected chi connectivity index (χ0v) is 9.78. The Morgan fingerprint density at radius 2 is 1.54 bits per heavy atom. The fourth-order valence-corrected chi connectivity index (χ4v) is 2.33. The molecule has 0 atom stereocenters. The van der Waals surface area contributed by atoms with Crippen LogP contribution in [0.25, 0.3) is 0 Å². The van der Waals surface area contributed by atoms with Crippen molar-refractivity contribution in [2.24, 2.45) is 10.8 Å². The second-order valence-electron chi connectivity index (χ2n) is 4.90. The van der Waals surface area contributed by atoms with Gasteiger partial charge in [0.25, 0.3) is 0 Å². The molecule has 0 saturated heterocycles. The third kappa shape index (κ3) is 2.72. The molecule has 1 nitrogen and oxygen atoms in total. The van der Waals surface area contributed by atoms with E-state index in [9.17, 15) is 0 Å². The van der Waals surface area contributed by atoms with Gasteiger partial charge in [0.05, 0.1) is 6.07 Å². The minimum Gasteiger partial charge on any atom is -0.198 e. The molecule has 0 bridgehead atoms. The molecule has 0 spiro atoms. The van der Waals surface area contributed by atoms with Crippen molar-refractivity contribution in [3.8, 4) is 6.07 Å². The van der Waals surface area contributed by atoms with Crippen molar-refractivity contribution in [3.05, 3.63) is 0 Å². The zero-order valence-electron chi connectivity index (χ0n) is 9.78. The van der Waals surface area contributed by atoms with Crippen LogP contribution < -0.4 is 0 Å². The molecule has 0 saturated carbocycles. The summed E-state index contributed by atoms with van der Waals surface area (Å²) >= 11 is 0. The molecule has 0 aliphatic carbocycles. The molecule has 0 aromatic heterocycles. The van der Waals surface area contributed by atoms with Crippen LogP contribution in [0.1, 0.15) is 60.3 Å². The van der Waals surface area contributed by atoms with E-state index in [4.69, 9.17) is 5.26 Å². The summed E-state index contributed by atoms with van der Waals surface area (Å²) in [6.45, 7) is 11.4. The Balaban J connectivity index is 4.62. The van der Waals surface area contributed by atoms with Crippen LogP contribution >= 0.6 is 0 Å². The van der Waals surface area contributed by atoms with E-state index in [0.29, 0.717) is 17.3 Å². The van der Waals surface area contributed by atoms with Crippen LogP contribution in [0, 0.1) is 22.2 Å². The van der Waals surface area contributed by atoms with Gasteiger partial charge in [-0.25, -0.2) is 0 Å². The maximum atomic E-state index is 8.64. The summed E-state index contributed by atoms with van der Waals surface area (Å²) in [5.41, 5.74) is 0.663. The quantitative estimate of drug-likeness (QED) is 0.639. The fraction of sp³-hybridized carbons (Fsp3) is 0.917. The molecule has 0 radical (unpaired) electrons. The Labute approximate surface area is 83.1 Å². The van der Waals surface area contributed by atoms with Crippen LogP contribution in [0.3, 0.4) is 0 Å². The second kappa shape index (κ2) is 4.65. The Morgan fingerprint density at radius 3 is 1.77 bits per heavy atom. The molecule has 13 heavy (non-hydrogen) atoms. The fourth-order valence-electron chi connectivity index (χ4n) is 2.33. The minimum atomic E-state index is 0.313. The van der Waals surface area contributed by atoms with Gasteiger partial charge < -0.3 is 0 Å². The van der Waals surface area contributed by atoms with E-state index in [1.165, 1.54) is 12.8 Å². The van der Waals surface area contributed by atoms with E-state index in [1.807, 2.05) is 0 Å². The maximum Gasteiger partial charge on any atom is 0.0621 e. The first kappa shape index (κ1) is 12.5. The smallest absolute Gasteiger partial charge is 0.0621 e. The van der Waals surface area contributed by atoms with Gasteiger partial charge in [0.2, 0.25) is 0 Å². The summed E-state index contributed by atoms with van der Waals surface area (Å²) in [5.74, 6) is 0. The van der Waals surface area contributed by atoms with Gasteiger partial charge in [-0.3, -0.25) is 0 Å². The highest BCUT2D eigenvalue weighted by atomic mass is 14.4. The maximum absolute atomic E-state index is 8.64. The molecule has 0 N–H and O–H groups in total. The van der Waals surface area contributed by atoms with Crippen molar-refractivity contribution in [2.45, 2.75) is 60.3 Å². The summed E-state index contributed by atoms with van der Waals surface area (Å²) in [4.78, 5) is 0. The van der Waals surface area contributed by atoms with Crippen molar-refractivity contribution < 1.29 is 0 Å². The first-order valence-electron chi connectivity index (χ1n) is 5.30. The van der Waals surface area contributed by atoms with Crippen molar-refractivity contribution >= 4 is 0 Å². The molecular weight excluding hydrogens is 158 g/mol. The monoisotopic (exact) mass is 181 g/mol. The highest BCUT2D eigenvalue weighted by Crippen LogP contribution is 2.47. The van der Waals surface area contributed by atoms with Gasteiger partial charge in [-0.05, 0) is 30.1 Å². The van der Waals surface area contributed by atoms with Gasteiger partial charge in [0, 0.05) is 6.42 Å². The molecule has 0 aromatic carbocycles. The van der Waals surface area contributed by atoms with E-state index in [1.54, 1.807) is 0 Å². The summed E-state index contributed by atoms with van der Waals surface area (Å²) in [6.07, 6.45) is 4.09. The van der Waals surface area contributed by atoms with Crippen molar-refractivity contribution in [2.75, 3.05) is 0 Å². The van der Waals surface area contributed by atoms with Crippen LogP contribution in [-0.4, -0.2) is 0 Å². The molecule has 76 valence electrons. The lowest BCUT2D eigenvalue weighted by Crippen LogP contribution is -2.34. The van der Waals surface area contributed by atoms with E-state index in [-0.39, 0.29) is 0 Å². The largest absolute Gasteiger partial charge is 0.198 e. The van der Waals surface area contributed by atoms with Gasteiger partial charge in [0.1, 0.15) is 0 Å². The molecule has 0 aromatic rings. The lowest BCUT2D eigenvalue weighted by Gasteiger charge is -2.44. The van der Waals surface area contributed by atoms with Crippen LogP contribution in [0.2, 0.25) is 0 Å². The predicted octanol–water partition coefficient (Wildman–Crippen LogP) is 4.14. The van der Waals surface area contributed by atoms with E-state index in [0.717, 1.165) is 6.42 Å². The molecule has 0 fully saturated rings. The summed E-state index contributed by atoms with van der Waals surface area (Å²) in [7, 11) is 0. The van der Waals surface area contributed by atoms with Crippen LogP contribution in [0.5, 0.6) is 0 Å². The third-order valence-electron chi connectivity index (χ3n) is 3.66. The average molecular weight is 181 g/mol. The van der Waals surface area contributed by atoms with E-state index >= 15 is 0 Å². The number of nitriles is 1. The SMILES string of the molecule is CCC(CC)(CCC#N)C(C)(C)C. The molecular formula is C12H23N. The standard InChI is InChI=1S/C12H23N/c1-6-12(7-2,9-8-10-13)11(3,4)5/h6-9H2,1-5H3. The van der Waals surface area contributed by atoms with Gasteiger partial charge >= 0.3 is 0 Å². The Kier molecular flexibility index (Phi) is 4.47. The summed E-state index contributed by atoms with van der Waals surface area (Å²) < 4.78 is 0. The third-order valence-corrected chi connectivity index (χ3v) is 3.66.